The highest BCUT2D eigenvalue weighted by molar-refractivity contribution is 5.90. The van der Waals surface area contributed by atoms with Crippen LogP contribution in [0.25, 0.3) is 0 Å². The fourth-order valence-electron chi connectivity index (χ4n) is 6.44. The molecule has 0 spiro atoms. The first kappa shape index (κ1) is 25.8. The number of phenols is 1. The van der Waals surface area contributed by atoms with Crippen LogP contribution in [0.3, 0.4) is 0 Å². The summed E-state index contributed by atoms with van der Waals surface area (Å²) >= 11 is 0. The second-order valence-corrected chi connectivity index (χ2v) is 11.8. The number of aryl methyl sites for hydroxylation is 1. The Labute approximate surface area is 198 Å². The molecule has 4 atom stereocenters. The molecule has 1 aromatic carbocycles. The van der Waals surface area contributed by atoms with Crippen LogP contribution in [0.2, 0.25) is 0 Å². The molecule has 0 saturated heterocycles. The summed E-state index contributed by atoms with van der Waals surface area (Å²) in [6, 6.07) is 3.62. The summed E-state index contributed by atoms with van der Waals surface area (Å²) in [5, 5.41) is 33.0. The molecule has 0 aliphatic heterocycles. The summed E-state index contributed by atoms with van der Waals surface area (Å²) in [4.78, 5) is 13.8. The van der Waals surface area contributed by atoms with Crippen molar-refractivity contribution in [1.29, 1.82) is 0 Å². The smallest absolute Gasteiger partial charge is 0.145 e. The maximum absolute atomic E-state index is 13.8. The van der Waals surface area contributed by atoms with E-state index in [4.69, 9.17) is 4.74 Å². The first-order chi connectivity index (χ1) is 15.1. The predicted molar refractivity (Wildman–Crippen MR) is 131 cm³/mol. The van der Waals surface area contributed by atoms with Gasteiger partial charge in [-0.2, -0.15) is 0 Å². The van der Waals surface area contributed by atoms with Crippen molar-refractivity contribution in [2.75, 3.05) is 7.11 Å². The van der Waals surface area contributed by atoms with E-state index in [2.05, 4.69) is 13.8 Å². The summed E-state index contributed by atoms with van der Waals surface area (Å²) in [5.74, 6) is 0.443. The molecule has 2 aliphatic carbocycles. The molecule has 0 heterocycles. The van der Waals surface area contributed by atoms with Crippen molar-refractivity contribution in [1.82, 2.24) is 0 Å². The Hall–Kier alpha value is -1.85. The molecule has 0 aromatic heterocycles. The molecular formula is C28H42O5. The number of benzene rings is 1. The van der Waals surface area contributed by atoms with Crippen molar-refractivity contribution in [3.8, 4) is 11.5 Å². The van der Waals surface area contributed by atoms with Crippen molar-refractivity contribution < 1.29 is 24.9 Å². The van der Waals surface area contributed by atoms with Gasteiger partial charge in [-0.25, -0.2) is 0 Å². The van der Waals surface area contributed by atoms with Gasteiger partial charge < -0.3 is 20.1 Å². The molecule has 5 heteroatoms. The van der Waals surface area contributed by atoms with Crippen LogP contribution in [0.4, 0.5) is 0 Å². The number of carbonyl (C=O) groups excluding carboxylic acids is 1. The molecule has 2 saturated carbocycles. The van der Waals surface area contributed by atoms with E-state index >= 15 is 0 Å². The van der Waals surface area contributed by atoms with E-state index in [9.17, 15) is 20.1 Å². The van der Waals surface area contributed by atoms with Crippen LogP contribution in [-0.2, 0) is 11.2 Å². The zero-order valence-corrected chi connectivity index (χ0v) is 21.4. The molecule has 0 amide bonds. The largest absolute Gasteiger partial charge is 0.507 e. The molecule has 0 radical (unpaired) electrons. The zero-order valence-electron chi connectivity index (χ0n) is 21.4. The van der Waals surface area contributed by atoms with Crippen LogP contribution in [0.15, 0.2) is 23.8 Å². The Balaban J connectivity index is 1.90. The van der Waals surface area contributed by atoms with Gasteiger partial charge in [0, 0.05) is 11.0 Å². The lowest BCUT2D eigenvalue weighted by Gasteiger charge is -2.55. The molecule has 5 nitrogen and oxygen atoms in total. The van der Waals surface area contributed by atoms with Gasteiger partial charge in [0.2, 0.25) is 0 Å². The third-order valence-corrected chi connectivity index (χ3v) is 8.49. The van der Waals surface area contributed by atoms with E-state index in [1.165, 1.54) is 0 Å². The highest BCUT2D eigenvalue weighted by Gasteiger charge is 2.64. The fraction of sp³-hybridized carbons (Fsp3) is 0.679. The molecule has 3 rings (SSSR count). The van der Waals surface area contributed by atoms with Gasteiger partial charge in [-0.15, -0.1) is 0 Å². The molecule has 184 valence electrons. The minimum atomic E-state index is -1.21. The second-order valence-electron chi connectivity index (χ2n) is 11.8. The Kier molecular flexibility index (Phi) is 6.82. The van der Waals surface area contributed by atoms with Gasteiger partial charge in [0.25, 0.3) is 0 Å². The number of rotatable bonds is 7. The second kappa shape index (κ2) is 8.74. The average Bonchev–Trinajstić information content (AvgIpc) is 3.00. The summed E-state index contributed by atoms with van der Waals surface area (Å²) in [6.07, 6.45) is 6.47. The summed E-state index contributed by atoms with van der Waals surface area (Å²) in [5.41, 5.74) is -0.446. The van der Waals surface area contributed by atoms with Crippen LogP contribution >= 0.6 is 0 Å². The normalized spacial score (nSPS) is 32.7. The van der Waals surface area contributed by atoms with Crippen LogP contribution in [0.5, 0.6) is 11.5 Å². The summed E-state index contributed by atoms with van der Waals surface area (Å²) in [6.45, 7) is 11.5. The molecule has 1 aromatic rings. The Morgan fingerprint density at radius 1 is 1.27 bits per heavy atom. The standard InChI is InChI=1S/C28H42O5/c1-18(9-10-20-14-21(33-7)13-19(2)23(20)29)15-28(32)17-26(5)11-8-12-27(26,6)24(30)22(28)16-25(3,4)31/h9,13-14,22,29,31-32H,8,10-12,15-17H2,1-7H3/t22-,26+,27-,28+/m0/s1. The predicted octanol–water partition coefficient (Wildman–Crippen LogP) is 5.27. The number of ether oxygens (including phenoxy) is 1. The number of allylic oxidation sites excluding steroid dienone is 1. The van der Waals surface area contributed by atoms with E-state index in [0.29, 0.717) is 25.0 Å². The average molecular weight is 459 g/mol. The molecule has 0 bridgehead atoms. The van der Waals surface area contributed by atoms with E-state index in [-0.39, 0.29) is 23.4 Å². The number of Topliss-reactive ketones (excluding diaryl/α,β-unsaturated/α-hetero) is 1. The summed E-state index contributed by atoms with van der Waals surface area (Å²) < 4.78 is 5.33. The first-order valence-electron chi connectivity index (χ1n) is 12.2. The van der Waals surface area contributed by atoms with Crippen molar-refractivity contribution >= 4 is 5.78 Å². The fourth-order valence-corrected chi connectivity index (χ4v) is 6.44. The van der Waals surface area contributed by atoms with E-state index in [1.807, 2.05) is 26.0 Å². The van der Waals surface area contributed by atoms with Crippen molar-refractivity contribution in [2.45, 2.75) is 97.7 Å². The molecule has 2 fully saturated rings. The highest BCUT2D eigenvalue weighted by atomic mass is 16.5. The van der Waals surface area contributed by atoms with E-state index < -0.39 is 22.5 Å². The van der Waals surface area contributed by atoms with Gasteiger partial charge in [0.05, 0.1) is 24.2 Å². The third-order valence-electron chi connectivity index (χ3n) is 8.49. The molecule has 2 aliphatic rings. The van der Waals surface area contributed by atoms with Gasteiger partial charge in [-0.1, -0.05) is 31.9 Å². The number of aromatic hydroxyl groups is 1. The lowest BCUT2D eigenvalue weighted by Crippen LogP contribution is -2.60. The molecule has 3 N–H and O–H groups in total. The van der Waals surface area contributed by atoms with Gasteiger partial charge >= 0.3 is 0 Å². The minimum Gasteiger partial charge on any atom is -0.507 e. The lowest BCUT2D eigenvalue weighted by molar-refractivity contribution is -0.175. The van der Waals surface area contributed by atoms with Crippen molar-refractivity contribution in [3.63, 3.8) is 0 Å². The highest BCUT2D eigenvalue weighted by Crippen LogP contribution is 2.63. The first-order valence-corrected chi connectivity index (χ1v) is 12.2. The third kappa shape index (κ3) is 4.85. The minimum absolute atomic E-state index is 0.104. The number of hydrogen-bond acceptors (Lipinski definition) is 5. The van der Waals surface area contributed by atoms with Crippen molar-refractivity contribution in [2.24, 2.45) is 16.7 Å². The molecular weight excluding hydrogens is 416 g/mol. The Morgan fingerprint density at radius 3 is 2.55 bits per heavy atom. The van der Waals surface area contributed by atoms with Crippen LogP contribution in [0.1, 0.15) is 84.3 Å². The van der Waals surface area contributed by atoms with E-state index in [1.54, 1.807) is 27.0 Å². The number of aliphatic hydroxyl groups is 2. The summed E-state index contributed by atoms with van der Waals surface area (Å²) in [7, 11) is 1.60. The van der Waals surface area contributed by atoms with E-state index in [0.717, 1.165) is 36.0 Å². The maximum Gasteiger partial charge on any atom is 0.145 e. The number of fused-ring (bicyclic) bond motifs is 1. The van der Waals surface area contributed by atoms with Crippen molar-refractivity contribution in [3.05, 3.63) is 34.9 Å². The number of methoxy groups -OCH3 is 1. The monoisotopic (exact) mass is 458 g/mol. The lowest BCUT2D eigenvalue weighted by atomic mass is 9.50. The molecule has 33 heavy (non-hydrogen) atoms. The number of hydrogen-bond donors (Lipinski definition) is 3. The Bertz CT molecular complexity index is 942. The van der Waals surface area contributed by atoms with Crippen LogP contribution < -0.4 is 4.74 Å². The van der Waals surface area contributed by atoms with Gasteiger partial charge in [0.15, 0.2) is 0 Å². The quantitative estimate of drug-likeness (QED) is 0.485. The van der Waals surface area contributed by atoms with Gasteiger partial charge in [-0.3, -0.25) is 4.79 Å². The maximum atomic E-state index is 13.8. The number of phenolic OH excluding ortho intramolecular Hbond substituents is 1. The number of carbonyl (C=O) groups is 1. The van der Waals surface area contributed by atoms with Gasteiger partial charge in [0.1, 0.15) is 17.3 Å². The number of ketones is 1. The zero-order chi connectivity index (χ0) is 24.8. The SMILES string of the molecule is COc1cc(C)c(O)c(CC=C(C)C[C@@]2(O)C[C@@]3(C)CCC[C@@]3(C)C(=O)[C@@H]2CC(C)(C)O)c1. The molecule has 0 unspecified atom stereocenters. The van der Waals surface area contributed by atoms with Crippen LogP contribution in [0, 0.1) is 23.7 Å². The van der Waals surface area contributed by atoms with Crippen LogP contribution in [-0.4, -0.2) is 39.4 Å². The van der Waals surface area contributed by atoms with Gasteiger partial charge in [-0.05, 0) is 89.3 Å². The Morgan fingerprint density at radius 2 is 1.94 bits per heavy atom. The topological polar surface area (TPSA) is 87.0 Å².